The van der Waals surface area contributed by atoms with Gasteiger partial charge in [-0.05, 0) is 32.2 Å². The number of hydrogen-bond donors (Lipinski definition) is 1. The van der Waals surface area contributed by atoms with E-state index in [1.807, 2.05) is 0 Å². The van der Waals surface area contributed by atoms with Gasteiger partial charge in [-0.25, -0.2) is 4.98 Å². The summed E-state index contributed by atoms with van der Waals surface area (Å²) in [6, 6.07) is 0. The van der Waals surface area contributed by atoms with Crippen molar-refractivity contribution >= 4 is 5.95 Å². The smallest absolute Gasteiger partial charge is 0.205 e. The summed E-state index contributed by atoms with van der Waals surface area (Å²) < 4.78 is 7.96. The van der Waals surface area contributed by atoms with Gasteiger partial charge in [-0.1, -0.05) is 6.92 Å². The fourth-order valence-corrected chi connectivity index (χ4v) is 2.54. The van der Waals surface area contributed by atoms with Gasteiger partial charge in [-0.3, -0.25) is 0 Å². The summed E-state index contributed by atoms with van der Waals surface area (Å²) in [6.45, 7) is 5.71. The van der Waals surface area contributed by atoms with Crippen LogP contribution in [0.4, 0.5) is 5.95 Å². The van der Waals surface area contributed by atoms with Crippen molar-refractivity contribution in [3.8, 4) is 0 Å². The lowest BCUT2D eigenvalue weighted by Crippen LogP contribution is -2.38. The van der Waals surface area contributed by atoms with Crippen LogP contribution >= 0.6 is 0 Å². The van der Waals surface area contributed by atoms with Gasteiger partial charge >= 0.3 is 0 Å². The van der Waals surface area contributed by atoms with Gasteiger partial charge in [0, 0.05) is 32.9 Å². The molecule has 0 atom stereocenters. The molecule has 0 amide bonds. The van der Waals surface area contributed by atoms with Crippen LogP contribution < -0.4 is 10.6 Å². The van der Waals surface area contributed by atoms with Crippen molar-refractivity contribution in [1.82, 2.24) is 9.55 Å². The highest BCUT2D eigenvalue weighted by Gasteiger charge is 2.22. The van der Waals surface area contributed by atoms with E-state index in [1.54, 1.807) is 0 Å². The van der Waals surface area contributed by atoms with E-state index in [0.29, 0.717) is 12.6 Å². The Kier molecular flexibility index (Phi) is 5.22. The number of piperidine rings is 1. The fraction of sp³-hybridized carbons (Fsp3) is 0.786. The Labute approximate surface area is 115 Å². The van der Waals surface area contributed by atoms with Crippen LogP contribution in [-0.2, 0) is 18.2 Å². The quantitative estimate of drug-likeness (QED) is 0.789. The van der Waals surface area contributed by atoms with Crippen molar-refractivity contribution < 1.29 is 4.74 Å². The van der Waals surface area contributed by atoms with E-state index in [4.69, 9.17) is 10.5 Å². The second kappa shape index (κ2) is 6.91. The van der Waals surface area contributed by atoms with E-state index < -0.39 is 0 Å². The normalized spacial score (nSPS) is 17.1. The molecule has 2 rings (SSSR count). The second-order valence-corrected chi connectivity index (χ2v) is 5.20. The summed E-state index contributed by atoms with van der Waals surface area (Å²) in [4.78, 5) is 7.05. The van der Waals surface area contributed by atoms with Gasteiger partial charge in [0.2, 0.25) is 5.95 Å². The molecule has 19 heavy (non-hydrogen) atoms. The lowest BCUT2D eigenvalue weighted by Gasteiger charge is -2.32. The zero-order valence-electron chi connectivity index (χ0n) is 12.1. The Balaban J connectivity index is 1.83. The topological polar surface area (TPSA) is 56.3 Å². The van der Waals surface area contributed by atoms with Crippen molar-refractivity contribution in [2.24, 2.45) is 12.8 Å². The Morgan fingerprint density at radius 2 is 2.16 bits per heavy atom. The van der Waals surface area contributed by atoms with Crippen molar-refractivity contribution in [1.29, 1.82) is 0 Å². The Morgan fingerprint density at radius 1 is 1.42 bits per heavy atom. The standard InChI is InChI=1S/C14H26N4O/c1-3-12-11-17(2)14(16-12)18-8-5-13(6-9-18)19-10-4-7-15/h11,13H,3-10,15H2,1-2H3. The Hall–Kier alpha value is -1.07. The molecule has 2 heterocycles. The molecule has 0 spiro atoms. The van der Waals surface area contributed by atoms with Gasteiger partial charge < -0.3 is 19.9 Å². The van der Waals surface area contributed by atoms with Gasteiger partial charge in [0.1, 0.15) is 0 Å². The van der Waals surface area contributed by atoms with Crippen LogP contribution in [-0.4, -0.2) is 41.9 Å². The number of rotatable bonds is 6. The van der Waals surface area contributed by atoms with Gasteiger partial charge in [-0.15, -0.1) is 0 Å². The molecule has 0 saturated carbocycles. The maximum Gasteiger partial charge on any atom is 0.205 e. The second-order valence-electron chi connectivity index (χ2n) is 5.20. The molecule has 1 aliphatic rings. The highest BCUT2D eigenvalue weighted by molar-refractivity contribution is 5.34. The van der Waals surface area contributed by atoms with E-state index in [2.05, 4.69) is 34.6 Å². The molecular weight excluding hydrogens is 240 g/mol. The van der Waals surface area contributed by atoms with Crippen molar-refractivity contribution in [2.45, 2.75) is 38.7 Å². The zero-order chi connectivity index (χ0) is 13.7. The number of ether oxygens (including phenoxy) is 1. The minimum atomic E-state index is 0.397. The molecule has 1 aromatic heterocycles. The molecule has 0 unspecified atom stereocenters. The SMILES string of the molecule is CCc1cn(C)c(N2CCC(OCCCN)CC2)n1. The molecule has 5 nitrogen and oxygen atoms in total. The molecule has 0 bridgehead atoms. The van der Waals surface area contributed by atoms with Crippen LogP contribution in [0.2, 0.25) is 0 Å². The number of imidazole rings is 1. The maximum absolute atomic E-state index is 5.83. The highest BCUT2D eigenvalue weighted by Crippen LogP contribution is 2.20. The molecule has 0 aliphatic carbocycles. The first-order chi connectivity index (χ1) is 9.24. The minimum absolute atomic E-state index is 0.397. The number of nitrogens with two attached hydrogens (primary N) is 1. The summed E-state index contributed by atoms with van der Waals surface area (Å²) in [5.41, 5.74) is 6.64. The number of hydrogen-bond acceptors (Lipinski definition) is 4. The molecule has 108 valence electrons. The first-order valence-electron chi connectivity index (χ1n) is 7.33. The number of nitrogens with zero attached hydrogens (tertiary/aromatic N) is 3. The monoisotopic (exact) mass is 266 g/mol. The third kappa shape index (κ3) is 3.70. The Bertz CT molecular complexity index is 383. The van der Waals surface area contributed by atoms with Crippen molar-refractivity contribution in [3.63, 3.8) is 0 Å². The lowest BCUT2D eigenvalue weighted by molar-refractivity contribution is 0.0364. The average Bonchev–Trinajstić information content (AvgIpc) is 2.81. The summed E-state index contributed by atoms with van der Waals surface area (Å²) in [5, 5.41) is 0. The molecule has 1 fully saturated rings. The zero-order valence-corrected chi connectivity index (χ0v) is 12.1. The van der Waals surface area contributed by atoms with Crippen LogP contribution in [0, 0.1) is 0 Å². The molecule has 5 heteroatoms. The van der Waals surface area contributed by atoms with Crippen LogP contribution in [0.25, 0.3) is 0 Å². The molecule has 0 aromatic carbocycles. The molecule has 0 radical (unpaired) electrons. The van der Waals surface area contributed by atoms with Gasteiger partial charge in [0.05, 0.1) is 11.8 Å². The predicted molar refractivity (Wildman–Crippen MR) is 77.4 cm³/mol. The molecule has 2 N–H and O–H groups in total. The first kappa shape index (κ1) is 14.3. The lowest BCUT2D eigenvalue weighted by atomic mass is 10.1. The van der Waals surface area contributed by atoms with Gasteiger partial charge in [-0.2, -0.15) is 0 Å². The minimum Gasteiger partial charge on any atom is -0.378 e. The summed E-state index contributed by atoms with van der Waals surface area (Å²) >= 11 is 0. The van der Waals surface area contributed by atoms with Crippen LogP contribution in [0.5, 0.6) is 0 Å². The Morgan fingerprint density at radius 3 is 2.74 bits per heavy atom. The van der Waals surface area contributed by atoms with Crippen LogP contribution in [0.3, 0.4) is 0 Å². The molecular formula is C14H26N4O. The number of aromatic nitrogens is 2. The third-order valence-electron chi connectivity index (χ3n) is 3.69. The van der Waals surface area contributed by atoms with Gasteiger partial charge in [0.15, 0.2) is 0 Å². The van der Waals surface area contributed by atoms with E-state index in [0.717, 1.165) is 51.3 Å². The van der Waals surface area contributed by atoms with Crippen molar-refractivity contribution in [3.05, 3.63) is 11.9 Å². The predicted octanol–water partition coefficient (Wildman–Crippen LogP) is 1.32. The largest absolute Gasteiger partial charge is 0.378 e. The molecule has 1 aromatic rings. The van der Waals surface area contributed by atoms with E-state index in [9.17, 15) is 0 Å². The van der Waals surface area contributed by atoms with E-state index >= 15 is 0 Å². The highest BCUT2D eigenvalue weighted by atomic mass is 16.5. The summed E-state index contributed by atoms with van der Waals surface area (Å²) in [6.07, 6.45) is 6.64. The summed E-state index contributed by atoms with van der Waals surface area (Å²) in [5.74, 6) is 1.09. The van der Waals surface area contributed by atoms with Crippen LogP contribution in [0.15, 0.2) is 6.20 Å². The third-order valence-corrected chi connectivity index (χ3v) is 3.69. The summed E-state index contributed by atoms with van der Waals surface area (Å²) in [7, 11) is 2.07. The first-order valence-corrected chi connectivity index (χ1v) is 7.33. The van der Waals surface area contributed by atoms with Gasteiger partial charge in [0.25, 0.3) is 0 Å². The maximum atomic E-state index is 5.83. The number of aryl methyl sites for hydroxylation is 2. The number of anilines is 1. The molecule has 1 saturated heterocycles. The van der Waals surface area contributed by atoms with Crippen LogP contribution in [0.1, 0.15) is 31.9 Å². The van der Waals surface area contributed by atoms with Crippen molar-refractivity contribution in [2.75, 3.05) is 31.1 Å². The van der Waals surface area contributed by atoms with E-state index in [1.165, 1.54) is 5.69 Å². The van der Waals surface area contributed by atoms with E-state index in [-0.39, 0.29) is 0 Å². The fourth-order valence-electron chi connectivity index (χ4n) is 2.54. The molecule has 1 aliphatic heterocycles. The average molecular weight is 266 g/mol.